The van der Waals surface area contributed by atoms with Crippen LogP contribution < -0.4 is 20.4 Å². The molecule has 2 N–H and O–H groups in total. The molecule has 0 radical (unpaired) electrons. The summed E-state index contributed by atoms with van der Waals surface area (Å²) >= 11 is 0. The van der Waals surface area contributed by atoms with Gasteiger partial charge in [-0.05, 0) is 44.5 Å². The van der Waals surface area contributed by atoms with E-state index >= 15 is 0 Å². The summed E-state index contributed by atoms with van der Waals surface area (Å²) < 4.78 is 0. The van der Waals surface area contributed by atoms with Gasteiger partial charge in [-0.15, -0.1) is 0 Å². The zero-order chi connectivity index (χ0) is 20.5. The van der Waals surface area contributed by atoms with Crippen molar-refractivity contribution in [2.24, 2.45) is 0 Å². The molecule has 9 heteroatoms. The molecule has 0 aromatic carbocycles. The van der Waals surface area contributed by atoms with Gasteiger partial charge in [-0.3, -0.25) is 15.0 Å². The first-order valence-corrected chi connectivity index (χ1v) is 9.49. The highest BCUT2D eigenvalue weighted by Crippen LogP contribution is 2.39. The van der Waals surface area contributed by atoms with Crippen molar-refractivity contribution in [2.75, 3.05) is 28.2 Å². The molecule has 2 aliphatic heterocycles. The summed E-state index contributed by atoms with van der Waals surface area (Å²) in [5, 5.41) is 14.6. The lowest BCUT2D eigenvalue weighted by Crippen LogP contribution is -2.48. The molecule has 0 aliphatic carbocycles. The predicted octanol–water partition coefficient (Wildman–Crippen LogP) is 2.12. The fourth-order valence-corrected chi connectivity index (χ4v) is 3.67. The molecule has 9 nitrogen and oxygen atoms in total. The van der Waals surface area contributed by atoms with Gasteiger partial charge in [0.05, 0.1) is 23.4 Å². The highest BCUT2D eigenvalue weighted by Gasteiger charge is 2.40. The van der Waals surface area contributed by atoms with E-state index in [9.17, 15) is 9.59 Å². The monoisotopic (exact) mass is 391 g/mol. The van der Waals surface area contributed by atoms with Gasteiger partial charge in [0.1, 0.15) is 11.5 Å². The maximum absolute atomic E-state index is 13.1. The van der Waals surface area contributed by atoms with Crippen LogP contribution in [0, 0.1) is 11.3 Å². The van der Waals surface area contributed by atoms with Gasteiger partial charge in [0, 0.05) is 25.3 Å². The van der Waals surface area contributed by atoms with Gasteiger partial charge in [0.15, 0.2) is 5.82 Å². The number of carbonyl (C=O) groups excluding carboxylic acids is 2. The first-order valence-electron chi connectivity index (χ1n) is 9.49. The topological polar surface area (TPSA) is 114 Å². The van der Waals surface area contributed by atoms with Crippen LogP contribution in [-0.2, 0) is 0 Å². The van der Waals surface area contributed by atoms with Gasteiger partial charge in [-0.2, -0.15) is 5.26 Å². The summed E-state index contributed by atoms with van der Waals surface area (Å²) in [7, 11) is 0. The molecule has 2 aliphatic rings. The van der Waals surface area contributed by atoms with Crippen molar-refractivity contribution in [3.05, 3.63) is 41.7 Å². The Morgan fingerprint density at radius 3 is 2.90 bits per heavy atom. The van der Waals surface area contributed by atoms with Gasteiger partial charge in [-0.25, -0.2) is 14.8 Å². The number of urea groups is 1. The standard InChI is InChI=1S/C20H21N7O2/c1-12(2)23-19(28)15-3-4-16-18(24-15)27(14-6-8-26(16)11-14)20(29)25-17-9-13(10-21)5-7-22-17/h3-5,7,9,12,14H,6,8,11H2,1-2H3,(H,23,28)(H,22,25,29)/t14-/m0/s1. The number of amides is 3. The Balaban J connectivity index is 1.66. The van der Waals surface area contributed by atoms with Crippen LogP contribution in [0.1, 0.15) is 36.3 Å². The molecule has 2 bridgehead atoms. The van der Waals surface area contributed by atoms with Crippen molar-refractivity contribution in [1.82, 2.24) is 15.3 Å². The average molecular weight is 391 g/mol. The van der Waals surface area contributed by atoms with E-state index in [0.717, 1.165) is 18.7 Å². The molecule has 4 rings (SSSR count). The Morgan fingerprint density at radius 2 is 2.14 bits per heavy atom. The van der Waals surface area contributed by atoms with Gasteiger partial charge < -0.3 is 10.2 Å². The van der Waals surface area contributed by atoms with E-state index in [4.69, 9.17) is 5.26 Å². The van der Waals surface area contributed by atoms with Crippen molar-refractivity contribution < 1.29 is 9.59 Å². The minimum atomic E-state index is -0.380. The van der Waals surface area contributed by atoms with Crippen LogP contribution >= 0.6 is 0 Å². The van der Waals surface area contributed by atoms with E-state index in [1.165, 1.54) is 12.3 Å². The second-order valence-electron chi connectivity index (χ2n) is 7.40. The number of nitriles is 1. The van der Waals surface area contributed by atoms with E-state index in [2.05, 4.69) is 25.5 Å². The number of anilines is 3. The second-order valence-corrected chi connectivity index (χ2v) is 7.40. The number of nitrogens with one attached hydrogen (secondary N) is 2. The zero-order valence-corrected chi connectivity index (χ0v) is 16.2. The van der Waals surface area contributed by atoms with E-state index in [1.807, 2.05) is 26.0 Å². The van der Waals surface area contributed by atoms with Crippen molar-refractivity contribution in [2.45, 2.75) is 32.4 Å². The lowest BCUT2D eigenvalue weighted by molar-refractivity contribution is 0.0938. The third-order valence-electron chi connectivity index (χ3n) is 4.95. The third-order valence-corrected chi connectivity index (χ3v) is 4.95. The maximum Gasteiger partial charge on any atom is 0.329 e. The quantitative estimate of drug-likeness (QED) is 0.828. The van der Waals surface area contributed by atoms with Crippen LogP contribution in [0.4, 0.5) is 22.1 Å². The van der Waals surface area contributed by atoms with Crippen molar-refractivity contribution in [3.63, 3.8) is 0 Å². The Bertz CT molecular complexity index is 1010. The Morgan fingerprint density at radius 1 is 1.31 bits per heavy atom. The molecule has 1 saturated heterocycles. The lowest BCUT2D eigenvalue weighted by Gasteiger charge is -2.35. The van der Waals surface area contributed by atoms with Gasteiger partial charge in [-0.1, -0.05) is 0 Å². The number of fused-ring (bicyclic) bond motifs is 4. The van der Waals surface area contributed by atoms with Crippen molar-refractivity contribution in [1.29, 1.82) is 5.26 Å². The van der Waals surface area contributed by atoms with Gasteiger partial charge in [0.2, 0.25) is 0 Å². The maximum atomic E-state index is 13.1. The number of hydrogen-bond donors (Lipinski definition) is 2. The summed E-state index contributed by atoms with van der Waals surface area (Å²) in [6.45, 7) is 5.29. The number of carbonyl (C=O) groups is 2. The fraction of sp³-hybridized carbons (Fsp3) is 0.350. The molecule has 2 aromatic rings. The summed E-state index contributed by atoms with van der Waals surface area (Å²) in [6, 6.07) is 8.20. The Hall–Kier alpha value is -3.67. The fourth-order valence-electron chi connectivity index (χ4n) is 3.67. The summed E-state index contributed by atoms with van der Waals surface area (Å²) in [5.41, 5.74) is 1.50. The zero-order valence-electron chi connectivity index (χ0n) is 16.2. The highest BCUT2D eigenvalue weighted by molar-refractivity contribution is 6.05. The van der Waals surface area contributed by atoms with Crippen LogP contribution in [0.5, 0.6) is 0 Å². The smallest absolute Gasteiger partial charge is 0.329 e. The number of hydrogen-bond acceptors (Lipinski definition) is 6. The molecule has 1 fully saturated rings. The average Bonchev–Trinajstić information content (AvgIpc) is 3.11. The van der Waals surface area contributed by atoms with E-state index in [1.54, 1.807) is 17.0 Å². The summed E-state index contributed by atoms with van der Waals surface area (Å²) in [4.78, 5) is 37.9. The molecule has 4 heterocycles. The number of aromatic nitrogens is 2. The van der Waals surface area contributed by atoms with E-state index < -0.39 is 0 Å². The van der Waals surface area contributed by atoms with Crippen LogP contribution in [0.25, 0.3) is 0 Å². The van der Waals surface area contributed by atoms with Gasteiger partial charge in [0.25, 0.3) is 5.91 Å². The molecular weight excluding hydrogens is 370 g/mol. The summed E-state index contributed by atoms with van der Waals surface area (Å²) in [5.74, 6) is 0.480. The normalized spacial score (nSPS) is 17.0. The number of rotatable bonds is 3. The highest BCUT2D eigenvalue weighted by atomic mass is 16.2. The minimum absolute atomic E-state index is 0.0156. The molecule has 0 saturated carbocycles. The molecule has 148 valence electrons. The Kier molecular flexibility index (Phi) is 4.76. The van der Waals surface area contributed by atoms with Crippen LogP contribution in [0.15, 0.2) is 30.5 Å². The first kappa shape index (κ1) is 18.7. The number of nitrogens with zero attached hydrogens (tertiary/aromatic N) is 5. The van der Waals surface area contributed by atoms with Crippen LogP contribution in [0.2, 0.25) is 0 Å². The van der Waals surface area contributed by atoms with E-state index in [0.29, 0.717) is 23.7 Å². The van der Waals surface area contributed by atoms with Crippen LogP contribution in [0.3, 0.4) is 0 Å². The SMILES string of the molecule is CC(C)NC(=O)c1ccc2c(n1)N(C(=O)Nc1cc(C#N)ccn1)[C@H]1CCN2C1. The molecule has 2 aromatic heterocycles. The van der Waals surface area contributed by atoms with Crippen molar-refractivity contribution >= 4 is 29.3 Å². The molecule has 3 amide bonds. The molecule has 29 heavy (non-hydrogen) atoms. The van der Waals surface area contributed by atoms with Gasteiger partial charge >= 0.3 is 6.03 Å². The second kappa shape index (κ2) is 7.39. The predicted molar refractivity (Wildman–Crippen MR) is 108 cm³/mol. The molecule has 0 unspecified atom stereocenters. The van der Waals surface area contributed by atoms with Crippen LogP contribution in [-0.4, -0.2) is 47.1 Å². The number of pyridine rings is 2. The lowest BCUT2D eigenvalue weighted by atomic mass is 10.1. The first-order chi connectivity index (χ1) is 14.0. The largest absolute Gasteiger partial charge is 0.366 e. The molecule has 1 atom stereocenters. The third kappa shape index (κ3) is 3.57. The Labute approximate surface area is 168 Å². The van der Waals surface area contributed by atoms with E-state index in [-0.39, 0.29) is 29.7 Å². The summed E-state index contributed by atoms with van der Waals surface area (Å²) in [6.07, 6.45) is 2.28. The molecule has 0 spiro atoms. The molecular formula is C20H21N7O2. The van der Waals surface area contributed by atoms with Crippen molar-refractivity contribution in [3.8, 4) is 6.07 Å². The minimum Gasteiger partial charge on any atom is -0.366 e.